The number of fused-ring (bicyclic) bond motifs is 1. The number of nitrogens with zero attached hydrogens (tertiary/aromatic N) is 2. The van der Waals surface area contributed by atoms with Crippen LogP contribution in [0.15, 0.2) is 6.07 Å². The number of anilines is 1. The molecule has 7 heteroatoms. The number of nitrogen functional groups attached to an aromatic ring is 1. The molecule has 0 atom stereocenters. The lowest BCUT2D eigenvalue weighted by Crippen LogP contribution is -2.41. The van der Waals surface area contributed by atoms with Crippen LogP contribution in [0.1, 0.15) is 20.9 Å². The van der Waals surface area contributed by atoms with Crippen molar-refractivity contribution in [3.8, 4) is 0 Å². The largest absolute Gasteiger partial charge is 0.397 e. The van der Waals surface area contributed by atoms with Crippen LogP contribution in [-0.2, 0) is 4.74 Å². The van der Waals surface area contributed by atoms with Gasteiger partial charge in [-0.25, -0.2) is 4.98 Å². The highest BCUT2D eigenvalue weighted by Crippen LogP contribution is 2.33. The summed E-state index contributed by atoms with van der Waals surface area (Å²) < 4.78 is 5.31. The van der Waals surface area contributed by atoms with E-state index in [9.17, 15) is 4.79 Å². The van der Waals surface area contributed by atoms with Crippen LogP contribution in [0.2, 0.25) is 0 Å². The van der Waals surface area contributed by atoms with Gasteiger partial charge >= 0.3 is 0 Å². The SMILES string of the molecule is Cc1cc2c(N)c(C(=O)NCCN3CCOCC3)sc2nc1C. The molecule has 1 amide bonds. The number of aromatic nitrogens is 1. The van der Waals surface area contributed by atoms with E-state index in [1.54, 1.807) is 0 Å². The molecule has 3 N–H and O–H groups in total. The van der Waals surface area contributed by atoms with Gasteiger partial charge in [-0.15, -0.1) is 11.3 Å². The Labute approximate surface area is 139 Å². The lowest BCUT2D eigenvalue weighted by atomic mass is 10.1. The van der Waals surface area contributed by atoms with Crippen molar-refractivity contribution in [1.29, 1.82) is 0 Å². The third-order valence-corrected chi connectivity index (χ3v) is 5.30. The predicted molar refractivity (Wildman–Crippen MR) is 93.1 cm³/mol. The molecule has 2 aromatic rings. The third-order valence-electron chi connectivity index (χ3n) is 4.19. The molecule has 1 fully saturated rings. The van der Waals surface area contributed by atoms with Crippen molar-refractivity contribution >= 4 is 33.1 Å². The second-order valence-electron chi connectivity index (χ2n) is 5.80. The highest BCUT2D eigenvalue weighted by atomic mass is 32.1. The Bertz CT molecular complexity index is 722. The Balaban J connectivity index is 1.67. The van der Waals surface area contributed by atoms with E-state index in [-0.39, 0.29) is 5.91 Å². The van der Waals surface area contributed by atoms with Crippen LogP contribution in [0.4, 0.5) is 5.69 Å². The zero-order valence-corrected chi connectivity index (χ0v) is 14.3. The summed E-state index contributed by atoms with van der Waals surface area (Å²) in [6.07, 6.45) is 0. The summed E-state index contributed by atoms with van der Waals surface area (Å²) in [5, 5.41) is 3.83. The standard InChI is InChI=1S/C16H22N4O2S/c1-10-9-12-13(17)14(23-16(12)19-11(10)2)15(21)18-3-4-20-5-7-22-8-6-20/h9H,3-8,17H2,1-2H3,(H,18,21). The van der Waals surface area contributed by atoms with Gasteiger partial charge in [-0.05, 0) is 25.5 Å². The fourth-order valence-electron chi connectivity index (χ4n) is 2.63. The van der Waals surface area contributed by atoms with Crippen molar-refractivity contribution in [3.63, 3.8) is 0 Å². The number of hydrogen-bond donors (Lipinski definition) is 2. The van der Waals surface area contributed by atoms with Crippen LogP contribution >= 0.6 is 11.3 Å². The van der Waals surface area contributed by atoms with Crippen LogP contribution < -0.4 is 11.1 Å². The van der Waals surface area contributed by atoms with Gasteiger partial charge in [-0.1, -0.05) is 0 Å². The minimum absolute atomic E-state index is 0.117. The fraction of sp³-hybridized carbons (Fsp3) is 0.500. The van der Waals surface area contributed by atoms with Crippen molar-refractivity contribution in [1.82, 2.24) is 15.2 Å². The summed E-state index contributed by atoms with van der Waals surface area (Å²) in [5.74, 6) is -0.117. The van der Waals surface area contributed by atoms with Gasteiger partial charge in [-0.3, -0.25) is 9.69 Å². The van der Waals surface area contributed by atoms with E-state index < -0.39 is 0 Å². The van der Waals surface area contributed by atoms with E-state index in [0.29, 0.717) is 17.1 Å². The molecule has 1 aliphatic heterocycles. The summed E-state index contributed by atoms with van der Waals surface area (Å²) in [5.41, 5.74) is 8.74. The first kappa shape index (κ1) is 16.2. The van der Waals surface area contributed by atoms with Crippen molar-refractivity contribution in [3.05, 3.63) is 22.2 Å². The number of nitrogens with two attached hydrogens (primary N) is 1. The molecule has 6 nitrogen and oxygen atoms in total. The highest BCUT2D eigenvalue weighted by Gasteiger charge is 2.18. The summed E-state index contributed by atoms with van der Waals surface area (Å²) in [7, 11) is 0. The first-order valence-corrected chi connectivity index (χ1v) is 8.62. The Morgan fingerprint density at radius 2 is 2.17 bits per heavy atom. The minimum atomic E-state index is -0.117. The number of nitrogens with one attached hydrogen (secondary N) is 1. The zero-order valence-electron chi connectivity index (χ0n) is 13.5. The van der Waals surface area contributed by atoms with Crippen LogP contribution in [-0.4, -0.2) is 55.2 Å². The monoisotopic (exact) mass is 334 g/mol. The molecule has 0 radical (unpaired) electrons. The average molecular weight is 334 g/mol. The Morgan fingerprint density at radius 3 is 2.91 bits per heavy atom. The van der Waals surface area contributed by atoms with Crippen molar-refractivity contribution in [2.45, 2.75) is 13.8 Å². The molecule has 2 aromatic heterocycles. The van der Waals surface area contributed by atoms with Crippen LogP contribution in [0, 0.1) is 13.8 Å². The van der Waals surface area contributed by atoms with E-state index >= 15 is 0 Å². The van der Waals surface area contributed by atoms with Gasteiger partial charge in [0.2, 0.25) is 0 Å². The molecule has 23 heavy (non-hydrogen) atoms. The smallest absolute Gasteiger partial charge is 0.263 e. The lowest BCUT2D eigenvalue weighted by molar-refractivity contribution is 0.0383. The molecule has 0 aromatic carbocycles. The molecule has 124 valence electrons. The number of ether oxygens (including phenoxy) is 1. The van der Waals surface area contributed by atoms with Crippen molar-refractivity contribution < 1.29 is 9.53 Å². The maximum Gasteiger partial charge on any atom is 0.263 e. The Kier molecular flexibility index (Phi) is 4.79. The molecular weight excluding hydrogens is 312 g/mol. The number of carbonyl (C=O) groups excluding carboxylic acids is 1. The van der Waals surface area contributed by atoms with Gasteiger partial charge in [-0.2, -0.15) is 0 Å². The number of carbonyl (C=O) groups is 1. The first-order chi connectivity index (χ1) is 11.1. The quantitative estimate of drug-likeness (QED) is 0.887. The van der Waals surface area contributed by atoms with E-state index in [2.05, 4.69) is 15.2 Å². The number of rotatable bonds is 4. The predicted octanol–water partition coefficient (Wildman–Crippen LogP) is 1.56. The minimum Gasteiger partial charge on any atom is -0.397 e. The molecule has 0 unspecified atom stereocenters. The van der Waals surface area contributed by atoms with Gasteiger partial charge in [0.1, 0.15) is 9.71 Å². The van der Waals surface area contributed by atoms with E-state index in [4.69, 9.17) is 10.5 Å². The summed E-state index contributed by atoms with van der Waals surface area (Å²) in [4.78, 5) is 20.6. The van der Waals surface area contributed by atoms with Gasteiger partial charge in [0.25, 0.3) is 5.91 Å². The van der Waals surface area contributed by atoms with E-state index in [1.165, 1.54) is 11.3 Å². The Morgan fingerprint density at radius 1 is 1.43 bits per heavy atom. The maximum atomic E-state index is 12.4. The number of morpholine rings is 1. The van der Waals surface area contributed by atoms with Crippen LogP contribution in [0.25, 0.3) is 10.2 Å². The third kappa shape index (κ3) is 3.46. The number of hydrogen-bond acceptors (Lipinski definition) is 6. The van der Waals surface area contributed by atoms with E-state index in [0.717, 1.165) is 54.3 Å². The van der Waals surface area contributed by atoms with Gasteiger partial charge in [0, 0.05) is 37.3 Å². The number of pyridine rings is 1. The molecular formula is C16H22N4O2S. The van der Waals surface area contributed by atoms with Crippen LogP contribution in [0.3, 0.4) is 0 Å². The van der Waals surface area contributed by atoms with Gasteiger partial charge in [0.15, 0.2) is 0 Å². The second kappa shape index (κ2) is 6.82. The molecule has 1 saturated heterocycles. The summed E-state index contributed by atoms with van der Waals surface area (Å²) in [6.45, 7) is 8.78. The molecule has 0 aliphatic carbocycles. The molecule has 3 rings (SSSR count). The van der Waals surface area contributed by atoms with Crippen LogP contribution in [0.5, 0.6) is 0 Å². The molecule has 1 aliphatic rings. The maximum absolute atomic E-state index is 12.4. The number of amides is 1. The number of thiophene rings is 1. The summed E-state index contributed by atoms with van der Waals surface area (Å²) in [6, 6.07) is 2.01. The Hall–Kier alpha value is -1.70. The molecule has 3 heterocycles. The summed E-state index contributed by atoms with van der Waals surface area (Å²) >= 11 is 1.36. The topological polar surface area (TPSA) is 80.5 Å². The highest BCUT2D eigenvalue weighted by molar-refractivity contribution is 7.21. The molecule has 0 bridgehead atoms. The lowest BCUT2D eigenvalue weighted by Gasteiger charge is -2.26. The van der Waals surface area contributed by atoms with Crippen molar-refractivity contribution in [2.24, 2.45) is 0 Å². The van der Waals surface area contributed by atoms with Crippen molar-refractivity contribution in [2.75, 3.05) is 45.1 Å². The zero-order chi connectivity index (χ0) is 16.4. The fourth-order valence-corrected chi connectivity index (χ4v) is 3.67. The molecule has 0 spiro atoms. The first-order valence-electron chi connectivity index (χ1n) is 7.81. The average Bonchev–Trinajstić information content (AvgIpc) is 2.85. The van der Waals surface area contributed by atoms with E-state index in [1.807, 2.05) is 19.9 Å². The second-order valence-corrected chi connectivity index (χ2v) is 6.80. The van der Waals surface area contributed by atoms with Gasteiger partial charge in [0.05, 0.1) is 18.9 Å². The number of aryl methyl sites for hydroxylation is 2. The molecule has 0 saturated carbocycles. The van der Waals surface area contributed by atoms with Gasteiger partial charge < -0.3 is 15.8 Å². The normalized spacial score (nSPS) is 15.9.